The van der Waals surface area contributed by atoms with Gasteiger partial charge in [-0.2, -0.15) is 11.3 Å². The minimum absolute atomic E-state index is 0.142. The molecular formula is C19H22N4O2S. The van der Waals surface area contributed by atoms with Crippen LogP contribution in [-0.4, -0.2) is 52.1 Å². The molecule has 3 aromatic heterocycles. The number of ether oxygens (including phenoxy) is 1. The highest BCUT2D eigenvalue weighted by molar-refractivity contribution is 7.08. The topological polar surface area (TPSA) is 60.2 Å². The highest BCUT2D eigenvalue weighted by Gasteiger charge is 2.28. The first-order valence-electron chi connectivity index (χ1n) is 8.87. The van der Waals surface area contributed by atoms with Gasteiger partial charge < -0.3 is 14.2 Å². The van der Waals surface area contributed by atoms with Gasteiger partial charge >= 0.3 is 0 Å². The zero-order valence-electron chi connectivity index (χ0n) is 14.8. The summed E-state index contributed by atoms with van der Waals surface area (Å²) >= 11 is 1.56. The van der Waals surface area contributed by atoms with Gasteiger partial charge in [0, 0.05) is 44.7 Å². The Hall–Kier alpha value is -2.25. The second kappa shape index (κ2) is 7.55. The lowest BCUT2D eigenvalue weighted by Gasteiger charge is -2.16. The van der Waals surface area contributed by atoms with E-state index in [0.29, 0.717) is 12.5 Å². The van der Waals surface area contributed by atoms with E-state index in [0.717, 1.165) is 55.0 Å². The maximum absolute atomic E-state index is 12.5. The summed E-state index contributed by atoms with van der Waals surface area (Å²) in [6.07, 6.45) is 3.66. The fraction of sp³-hybridized carbons (Fsp3) is 0.421. The first kappa shape index (κ1) is 17.2. The molecule has 26 heavy (non-hydrogen) atoms. The van der Waals surface area contributed by atoms with Crippen molar-refractivity contribution in [2.24, 2.45) is 5.92 Å². The van der Waals surface area contributed by atoms with Crippen LogP contribution >= 0.6 is 11.3 Å². The molecule has 3 aromatic rings. The summed E-state index contributed by atoms with van der Waals surface area (Å²) in [6, 6.07) is 5.81. The summed E-state index contributed by atoms with van der Waals surface area (Å²) in [7, 11) is 1.71. The summed E-state index contributed by atoms with van der Waals surface area (Å²) in [6.45, 7) is 2.97. The van der Waals surface area contributed by atoms with E-state index in [1.807, 2.05) is 33.9 Å². The van der Waals surface area contributed by atoms with Crippen molar-refractivity contribution in [3.8, 4) is 0 Å². The molecule has 1 fully saturated rings. The molecule has 0 saturated carbocycles. The Morgan fingerprint density at radius 2 is 2.35 bits per heavy atom. The van der Waals surface area contributed by atoms with E-state index in [2.05, 4.69) is 9.55 Å². The van der Waals surface area contributed by atoms with E-state index in [-0.39, 0.29) is 5.91 Å². The van der Waals surface area contributed by atoms with Crippen molar-refractivity contribution in [2.45, 2.75) is 19.4 Å². The maximum atomic E-state index is 12.5. The van der Waals surface area contributed by atoms with E-state index in [4.69, 9.17) is 9.72 Å². The van der Waals surface area contributed by atoms with Gasteiger partial charge in [0.2, 0.25) is 0 Å². The molecule has 7 heteroatoms. The second-order valence-corrected chi connectivity index (χ2v) is 7.42. The van der Waals surface area contributed by atoms with Gasteiger partial charge in [-0.05, 0) is 35.9 Å². The quantitative estimate of drug-likeness (QED) is 0.669. The zero-order chi connectivity index (χ0) is 17.9. The Balaban J connectivity index is 1.50. The van der Waals surface area contributed by atoms with E-state index >= 15 is 0 Å². The number of amides is 1. The number of rotatable bonds is 6. The number of fused-ring (bicyclic) bond motifs is 1. The number of aromatic nitrogens is 3. The first-order chi connectivity index (χ1) is 12.8. The van der Waals surface area contributed by atoms with Gasteiger partial charge in [-0.15, -0.1) is 0 Å². The third-order valence-corrected chi connectivity index (χ3v) is 5.60. The number of likely N-dealkylation sites (tertiary alicyclic amines) is 1. The standard InChI is InChI=1S/C19H22N4O2S/c1-25-9-8-23-17(21-16-3-2-6-20-18(16)23)11-14-4-7-22(12-14)19(24)15-5-10-26-13-15/h2-3,5-6,10,13-14H,4,7-9,11-12H2,1H3. The average molecular weight is 370 g/mol. The van der Waals surface area contributed by atoms with Crippen LogP contribution in [-0.2, 0) is 17.7 Å². The third-order valence-electron chi connectivity index (χ3n) is 4.91. The fourth-order valence-corrected chi connectivity index (χ4v) is 4.22. The number of methoxy groups -OCH3 is 1. The minimum atomic E-state index is 0.142. The summed E-state index contributed by atoms with van der Waals surface area (Å²) < 4.78 is 7.41. The molecule has 1 saturated heterocycles. The Labute approximate surface area is 156 Å². The van der Waals surface area contributed by atoms with Gasteiger partial charge in [-0.3, -0.25) is 4.79 Å². The highest BCUT2D eigenvalue weighted by Crippen LogP contribution is 2.24. The number of carbonyl (C=O) groups is 1. The van der Waals surface area contributed by atoms with E-state index in [1.54, 1.807) is 24.6 Å². The van der Waals surface area contributed by atoms with Crippen molar-refractivity contribution in [3.05, 3.63) is 46.5 Å². The van der Waals surface area contributed by atoms with Crippen molar-refractivity contribution in [3.63, 3.8) is 0 Å². The maximum Gasteiger partial charge on any atom is 0.254 e. The van der Waals surface area contributed by atoms with Crippen molar-refractivity contribution in [1.29, 1.82) is 0 Å². The number of thiophene rings is 1. The lowest BCUT2D eigenvalue weighted by atomic mass is 10.0. The Morgan fingerprint density at radius 1 is 1.42 bits per heavy atom. The predicted octanol–water partition coefficient (Wildman–Crippen LogP) is 2.84. The number of imidazole rings is 1. The molecule has 0 bridgehead atoms. The Bertz CT molecular complexity index is 890. The van der Waals surface area contributed by atoms with Gasteiger partial charge in [0.1, 0.15) is 11.3 Å². The minimum Gasteiger partial charge on any atom is -0.383 e. The number of hydrogen-bond acceptors (Lipinski definition) is 5. The van der Waals surface area contributed by atoms with Gasteiger partial charge in [-0.1, -0.05) is 0 Å². The molecule has 4 rings (SSSR count). The van der Waals surface area contributed by atoms with Gasteiger partial charge in [-0.25, -0.2) is 9.97 Å². The van der Waals surface area contributed by atoms with Crippen LogP contribution < -0.4 is 0 Å². The third kappa shape index (κ3) is 3.37. The molecule has 1 atom stereocenters. The van der Waals surface area contributed by atoms with Crippen molar-refractivity contribution < 1.29 is 9.53 Å². The van der Waals surface area contributed by atoms with Gasteiger partial charge in [0.15, 0.2) is 5.65 Å². The molecule has 0 radical (unpaired) electrons. The normalized spacial score (nSPS) is 17.3. The predicted molar refractivity (Wildman–Crippen MR) is 101 cm³/mol. The lowest BCUT2D eigenvalue weighted by molar-refractivity contribution is 0.0787. The molecule has 136 valence electrons. The van der Waals surface area contributed by atoms with Crippen LogP contribution in [0.5, 0.6) is 0 Å². The van der Waals surface area contributed by atoms with Crippen LogP contribution in [0.15, 0.2) is 35.2 Å². The number of carbonyl (C=O) groups excluding carboxylic acids is 1. The summed E-state index contributed by atoms with van der Waals surface area (Å²) in [5, 5.41) is 3.87. The number of pyridine rings is 1. The lowest BCUT2D eigenvalue weighted by Crippen LogP contribution is -2.28. The summed E-state index contributed by atoms with van der Waals surface area (Å²) in [5.41, 5.74) is 2.62. The molecule has 0 N–H and O–H groups in total. The van der Waals surface area contributed by atoms with E-state index in [1.165, 1.54) is 0 Å². The van der Waals surface area contributed by atoms with Crippen LogP contribution in [0.1, 0.15) is 22.6 Å². The molecule has 1 amide bonds. The molecule has 1 unspecified atom stereocenters. The SMILES string of the molecule is COCCn1c(CC2CCN(C(=O)c3ccsc3)C2)nc2cccnc21. The molecule has 6 nitrogen and oxygen atoms in total. The number of hydrogen-bond donors (Lipinski definition) is 0. The molecule has 0 aliphatic carbocycles. The number of nitrogens with zero attached hydrogens (tertiary/aromatic N) is 4. The monoisotopic (exact) mass is 370 g/mol. The first-order valence-corrected chi connectivity index (χ1v) is 9.81. The second-order valence-electron chi connectivity index (χ2n) is 6.64. The highest BCUT2D eigenvalue weighted by atomic mass is 32.1. The van der Waals surface area contributed by atoms with Crippen LogP contribution in [0.25, 0.3) is 11.2 Å². The summed E-state index contributed by atoms with van der Waals surface area (Å²) in [5.74, 6) is 1.60. The molecule has 0 spiro atoms. The molecule has 0 aromatic carbocycles. The Morgan fingerprint density at radius 3 is 3.15 bits per heavy atom. The largest absolute Gasteiger partial charge is 0.383 e. The smallest absolute Gasteiger partial charge is 0.254 e. The Kier molecular flexibility index (Phi) is 4.99. The van der Waals surface area contributed by atoms with Crippen molar-refractivity contribution >= 4 is 28.4 Å². The zero-order valence-corrected chi connectivity index (χ0v) is 15.6. The fourth-order valence-electron chi connectivity index (χ4n) is 3.59. The van der Waals surface area contributed by atoms with E-state index in [9.17, 15) is 4.79 Å². The van der Waals surface area contributed by atoms with Crippen molar-refractivity contribution in [2.75, 3.05) is 26.8 Å². The van der Waals surface area contributed by atoms with E-state index < -0.39 is 0 Å². The van der Waals surface area contributed by atoms with Gasteiger partial charge in [0.25, 0.3) is 5.91 Å². The van der Waals surface area contributed by atoms with Gasteiger partial charge in [0.05, 0.1) is 12.2 Å². The molecule has 1 aliphatic heterocycles. The molecular weight excluding hydrogens is 348 g/mol. The molecule has 1 aliphatic rings. The van der Waals surface area contributed by atoms with Crippen LogP contribution in [0.4, 0.5) is 0 Å². The molecule has 4 heterocycles. The van der Waals surface area contributed by atoms with Crippen molar-refractivity contribution in [1.82, 2.24) is 19.4 Å². The average Bonchev–Trinajstić information content (AvgIpc) is 3.40. The van der Waals surface area contributed by atoms with Crippen LogP contribution in [0.2, 0.25) is 0 Å². The van der Waals surface area contributed by atoms with Crippen LogP contribution in [0, 0.1) is 5.92 Å². The van der Waals surface area contributed by atoms with Crippen LogP contribution in [0.3, 0.4) is 0 Å². The summed E-state index contributed by atoms with van der Waals surface area (Å²) in [4.78, 5) is 23.8.